The molecule has 0 aliphatic heterocycles. The second kappa shape index (κ2) is 7.17. The third-order valence-electron chi connectivity index (χ3n) is 3.00. The van der Waals surface area contributed by atoms with Gasteiger partial charge in [0.15, 0.2) is 0 Å². The van der Waals surface area contributed by atoms with Crippen LogP contribution >= 0.6 is 15.9 Å². The Labute approximate surface area is 135 Å². The maximum Gasteiger partial charge on any atom is 0.271 e. The number of carbonyl (C=O) groups is 1. The van der Waals surface area contributed by atoms with Gasteiger partial charge in [0.25, 0.3) is 5.91 Å². The molecular formula is C16H14BrFN2O2. The van der Waals surface area contributed by atoms with E-state index >= 15 is 0 Å². The predicted molar refractivity (Wildman–Crippen MR) is 86.5 cm³/mol. The number of nitrogens with one attached hydrogen (secondary N) is 1. The summed E-state index contributed by atoms with van der Waals surface area (Å²) in [4.78, 5) is 12.0. The van der Waals surface area contributed by atoms with E-state index in [9.17, 15) is 14.3 Å². The van der Waals surface area contributed by atoms with Gasteiger partial charge in [-0.1, -0.05) is 22.9 Å². The highest BCUT2D eigenvalue weighted by molar-refractivity contribution is 9.10. The summed E-state index contributed by atoms with van der Waals surface area (Å²) in [5, 5.41) is 13.8. The van der Waals surface area contributed by atoms with Gasteiger partial charge in [-0.25, -0.2) is 9.82 Å². The van der Waals surface area contributed by atoms with Crippen molar-refractivity contribution in [1.82, 2.24) is 5.43 Å². The standard InChI is InChI=1S/C16H14BrFN2O2/c1-2-14(13-9-12(18)7-8-15(13)21)19-20-16(22)10-3-5-11(17)6-4-10/h3-9,21H,2H2,1H3,(H,20,22)/b19-14+. The van der Waals surface area contributed by atoms with Gasteiger partial charge in [-0.05, 0) is 48.9 Å². The molecule has 2 aromatic rings. The van der Waals surface area contributed by atoms with E-state index in [-0.39, 0.29) is 17.2 Å². The van der Waals surface area contributed by atoms with Crippen LogP contribution in [-0.4, -0.2) is 16.7 Å². The fourth-order valence-corrected chi connectivity index (χ4v) is 2.12. The van der Waals surface area contributed by atoms with Crippen LogP contribution in [0.1, 0.15) is 29.3 Å². The van der Waals surface area contributed by atoms with Crippen molar-refractivity contribution in [2.45, 2.75) is 13.3 Å². The highest BCUT2D eigenvalue weighted by atomic mass is 79.9. The SMILES string of the molecule is CC/C(=N\NC(=O)c1ccc(Br)cc1)c1cc(F)ccc1O. The molecule has 0 radical (unpaired) electrons. The lowest BCUT2D eigenvalue weighted by Crippen LogP contribution is -2.20. The number of aromatic hydroxyl groups is 1. The summed E-state index contributed by atoms with van der Waals surface area (Å²) in [6.07, 6.45) is 0.428. The molecule has 2 aromatic carbocycles. The van der Waals surface area contributed by atoms with Gasteiger partial charge >= 0.3 is 0 Å². The van der Waals surface area contributed by atoms with Gasteiger partial charge in [0, 0.05) is 15.6 Å². The second-order valence-electron chi connectivity index (χ2n) is 4.52. The van der Waals surface area contributed by atoms with Crippen LogP contribution in [0.15, 0.2) is 52.0 Å². The largest absolute Gasteiger partial charge is 0.507 e. The molecule has 2 N–H and O–H groups in total. The second-order valence-corrected chi connectivity index (χ2v) is 5.44. The Kier molecular flexibility index (Phi) is 5.27. The van der Waals surface area contributed by atoms with Crippen molar-refractivity contribution in [2.75, 3.05) is 0 Å². The molecule has 4 nitrogen and oxygen atoms in total. The van der Waals surface area contributed by atoms with Crippen LogP contribution in [0.4, 0.5) is 4.39 Å². The van der Waals surface area contributed by atoms with Crippen molar-refractivity contribution in [3.8, 4) is 5.75 Å². The summed E-state index contributed by atoms with van der Waals surface area (Å²) in [5.74, 6) is -0.942. The van der Waals surface area contributed by atoms with Crippen molar-refractivity contribution in [3.63, 3.8) is 0 Å². The minimum Gasteiger partial charge on any atom is -0.507 e. The smallest absolute Gasteiger partial charge is 0.271 e. The van der Waals surface area contributed by atoms with Crippen LogP contribution in [-0.2, 0) is 0 Å². The van der Waals surface area contributed by atoms with Crippen LogP contribution in [0.25, 0.3) is 0 Å². The average molecular weight is 365 g/mol. The highest BCUT2D eigenvalue weighted by Gasteiger charge is 2.10. The Morgan fingerprint density at radius 1 is 1.27 bits per heavy atom. The van der Waals surface area contributed by atoms with E-state index < -0.39 is 5.82 Å². The van der Waals surface area contributed by atoms with Crippen molar-refractivity contribution >= 4 is 27.5 Å². The number of benzene rings is 2. The lowest BCUT2D eigenvalue weighted by Gasteiger charge is -2.07. The molecule has 0 unspecified atom stereocenters. The molecule has 6 heteroatoms. The molecule has 0 fully saturated rings. The summed E-state index contributed by atoms with van der Waals surface area (Å²) in [5.41, 5.74) is 3.52. The molecule has 0 aliphatic carbocycles. The number of nitrogens with zero attached hydrogens (tertiary/aromatic N) is 1. The van der Waals surface area contributed by atoms with Gasteiger partial charge in [-0.3, -0.25) is 4.79 Å². The highest BCUT2D eigenvalue weighted by Crippen LogP contribution is 2.20. The summed E-state index contributed by atoms with van der Waals surface area (Å²) < 4.78 is 14.2. The zero-order valence-corrected chi connectivity index (χ0v) is 13.4. The summed E-state index contributed by atoms with van der Waals surface area (Å²) >= 11 is 3.29. The van der Waals surface area contributed by atoms with Crippen molar-refractivity contribution in [3.05, 3.63) is 63.9 Å². The molecule has 114 valence electrons. The Morgan fingerprint density at radius 2 is 1.95 bits per heavy atom. The first-order valence-corrected chi connectivity index (χ1v) is 7.42. The van der Waals surface area contributed by atoms with Crippen LogP contribution in [0.3, 0.4) is 0 Å². The van der Waals surface area contributed by atoms with Gasteiger partial charge in [0.1, 0.15) is 11.6 Å². The van der Waals surface area contributed by atoms with Gasteiger partial charge < -0.3 is 5.11 Å². The molecule has 0 atom stereocenters. The Bertz CT molecular complexity index is 715. The molecule has 0 aliphatic rings. The number of hydrogen-bond donors (Lipinski definition) is 2. The first kappa shape index (κ1) is 16.2. The van der Waals surface area contributed by atoms with Gasteiger partial charge in [-0.15, -0.1) is 0 Å². The molecule has 0 saturated heterocycles. The van der Waals surface area contributed by atoms with Crippen LogP contribution < -0.4 is 5.43 Å². The van der Waals surface area contributed by atoms with E-state index in [4.69, 9.17) is 0 Å². The molecule has 0 aromatic heterocycles. The third-order valence-corrected chi connectivity index (χ3v) is 3.53. The van der Waals surface area contributed by atoms with E-state index in [1.165, 1.54) is 12.1 Å². The van der Waals surface area contributed by atoms with Crippen LogP contribution in [0.5, 0.6) is 5.75 Å². The van der Waals surface area contributed by atoms with Crippen molar-refractivity contribution in [1.29, 1.82) is 0 Å². The van der Waals surface area contributed by atoms with Crippen molar-refractivity contribution in [2.24, 2.45) is 5.10 Å². The number of rotatable bonds is 4. The molecule has 0 bridgehead atoms. The molecule has 0 heterocycles. The van der Waals surface area contributed by atoms with E-state index in [1.54, 1.807) is 31.2 Å². The minimum absolute atomic E-state index is 0.0834. The fourth-order valence-electron chi connectivity index (χ4n) is 1.85. The van der Waals surface area contributed by atoms with Crippen LogP contribution in [0, 0.1) is 5.82 Å². The average Bonchev–Trinajstić information content (AvgIpc) is 2.51. The minimum atomic E-state index is -0.479. The zero-order chi connectivity index (χ0) is 16.1. The first-order valence-electron chi connectivity index (χ1n) is 6.62. The summed E-state index contributed by atoms with van der Waals surface area (Å²) in [6, 6.07) is 10.4. The van der Waals surface area contributed by atoms with E-state index in [0.717, 1.165) is 10.5 Å². The number of phenols is 1. The number of carbonyl (C=O) groups excluding carboxylic acids is 1. The Balaban J connectivity index is 2.20. The van der Waals surface area contributed by atoms with E-state index in [1.807, 2.05) is 0 Å². The Hall–Kier alpha value is -2.21. The predicted octanol–water partition coefficient (Wildman–Crippen LogP) is 3.84. The molecule has 0 spiro atoms. The quantitative estimate of drug-likeness (QED) is 0.639. The summed E-state index contributed by atoms with van der Waals surface area (Å²) in [7, 11) is 0. The maximum atomic E-state index is 13.3. The monoisotopic (exact) mass is 364 g/mol. The maximum absolute atomic E-state index is 13.3. The topological polar surface area (TPSA) is 61.7 Å². The van der Waals surface area contributed by atoms with Gasteiger partial charge in [-0.2, -0.15) is 5.10 Å². The van der Waals surface area contributed by atoms with Gasteiger partial charge in [0.05, 0.1) is 5.71 Å². The van der Waals surface area contributed by atoms with E-state index in [2.05, 4.69) is 26.5 Å². The lowest BCUT2D eigenvalue weighted by molar-refractivity contribution is 0.0954. The number of amides is 1. The van der Waals surface area contributed by atoms with Crippen LogP contribution in [0.2, 0.25) is 0 Å². The lowest BCUT2D eigenvalue weighted by atomic mass is 10.1. The fraction of sp³-hybridized carbons (Fsp3) is 0.125. The summed E-state index contributed by atoms with van der Waals surface area (Å²) in [6.45, 7) is 1.80. The normalized spacial score (nSPS) is 11.3. The van der Waals surface area contributed by atoms with E-state index in [0.29, 0.717) is 17.7 Å². The Morgan fingerprint density at radius 3 is 2.59 bits per heavy atom. The molecule has 0 saturated carbocycles. The molecule has 2 rings (SSSR count). The zero-order valence-electron chi connectivity index (χ0n) is 11.8. The molecule has 22 heavy (non-hydrogen) atoms. The van der Waals surface area contributed by atoms with Gasteiger partial charge in [0.2, 0.25) is 0 Å². The van der Waals surface area contributed by atoms with Crippen molar-refractivity contribution < 1.29 is 14.3 Å². The first-order chi connectivity index (χ1) is 10.5. The molecular weight excluding hydrogens is 351 g/mol. The number of phenolic OH excluding ortho intramolecular Hbond substituents is 1. The molecule has 1 amide bonds. The number of hydrogen-bond acceptors (Lipinski definition) is 3. The number of halogens is 2. The number of hydrazone groups is 1. The third kappa shape index (κ3) is 3.92.